The molecule has 6 rings (SSSR count). The Kier molecular flexibility index (Phi) is 3.52. The van der Waals surface area contributed by atoms with E-state index in [1.165, 1.54) is 21.2 Å². The van der Waals surface area contributed by atoms with Gasteiger partial charge < -0.3 is 0 Å². The van der Waals surface area contributed by atoms with Crippen molar-refractivity contribution in [3.63, 3.8) is 0 Å². The first-order valence-corrected chi connectivity index (χ1v) is 7.40. The molecule has 4 bridgehead atoms. The quantitative estimate of drug-likeness (QED) is 0.723. The van der Waals surface area contributed by atoms with Crippen LogP contribution < -0.4 is 0 Å². The molecule has 0 N–H and O–H groups in total. The Morgan fingerprint density at radius 2 is 1.47 bits per heavy atom. The molecule has 4 aliphatic rings. The maximum atomic E-state index is 11.2. The van der Waals surface area contributed by atoms with Crippen molar-refractivity contribution in [1.82, 2.24) is 0 Å². The summed E-state index contributed by atoms with van der Waals surface area (Å²) in [6.45, 7) is 0. The van der Waals surface area contributed by atoms with Gasteiger partial charge in [0.25, 0.3) is 0 Å². The number of hydrogen-bond acceptors (Lipinski definition) is 1. The van der Waals surface area contributed by atoms with Crippen molar-refractivity contribution in [1.29, 1.82) is 0 Å². The molecule has 2 heteroatoms. The summed E-state index contributed by atoms with van der Waals surface area (Å²) in [7, 11) is 0. The van der Waals surface area contributed by atoms with Crippen molar-refractivity contribution < 1.29 is 4.79 Å². The normalized spacial score (nSPS) is 13.9. The second kappa shape index (κ2) is 5.30. The molecule has 0 unspecified atom stereocenters. The van der Waals surface area contributed by atoms with E-state index in [-0.39, 0.29) is 0 Å². The molecule has 4 aliphatic carbocycles. The Bertz CT molecular complexity index is 631. The molecule has 0 fully saturated rings. The molecular formula is C17H15BrO. The Hall–Kier alpha value is -1.41. The Morgan fingerprint density at radius 1 is 0.842 bits per heavy atom. The lowest BCUT2D eigenvalue weighted by Crippen LogP contribution is -2.02. The SMILES string of the molecule is O=Cc1cc2ccc1CCc1ccc(cc1Br)CC2. The summed E-state index contributed by atoms with van der Waals surface area (Å²) in [5.74, 6) is 0. The smallest absolute Gasteiger partial charge is 0.150 e. The van der Waals surface area contributed by atoms with Crippen LogP contribution >= 0.6 is 15.9 Å². The first kappa shape index (κ1) is 12.6. The molecule has 0 spiro atoms. The van der Waals surface area contributed by atoms with E-state index in [2.05, 4.69) is 46.3 Å². The molecule has 0 radical (unpaired) electrons. The lowest BCUT2D eigenvalue weighted by Gasteiger charge is -2.13. The maximum Gasteiger partial charge on any atom is 0.150 e. The maximum absolute atomic E-state index is 11.2. The highest BCUT2D eigenvalue weighted by Gasteiger charge is 2.09. The van der Waals surface area contributed by atoms with E-state index in [0.29, 0.717) is 0 Å². The number of carbonyl (C=O) groups is 1. The minimum absolute atomic E-state index is 0.851. The molecule has 0 amide bonds. The van der Waals surface area contributed by atoms with Gasteiger partial charge >= 0.3 is 0 Å². The van der Waals surface area contributed by atoms with Crippen molar-refractivity contribution in [3.8, 4) is 0 Å². The third-order valence-corrected chi connectivity index (χ3v) is 4.56. The van der Waals surface area contributed by atoms with Crippen molar-refractivity contribution in [2.45, 2.75) is 25.7 Å². The summed E-state index contributed by atoms with van der Waals surface area (Å²) in [4.78, 5) is 11.2. The van der Waals surface area contributed by atoms with Crippen LogP contribution in [0.25, 0.3) is 0 Å². The number of carbonyl (C=O) groups excluding carboxylic acids is 1. The highest BCUT2D eigenvalue weighted by molar-refractivity contribution is 9.10. The van der Waals surface area contributed by atoms with E-state index < -0.39 is 0 Å². The van der Waals surface area contributed by atoms with Crippen LogP contribution in [0, 0.1) is 0 Å². The number of aryl methyl sites for hydroxylation is 4. The summed E-state index contributed by atoms with van der Waals surface area (Å²) in [6, 6.07) is 13.0. The standard InChI is InChI=1S/C17H15BrO/c18-17-10-13-2-1-12-3-5-14(16(9-12)11-19)7-8-15(17)6-4-13/h3-6,9-11H,1-2,7-8H2. The van der Waals surface area contributed by atoms with Gasteiger partial charge in [0.1, 0.15) is 6.29 Å². The molecule has 2 aromatic rings. The molecule has 0 aromatic heterocycles. The molecule has 19 heavy (non-hydrogen) atoms. The molecule has 0 saturated carbocycles. The highest BCUT2D eigenvalue weighted by atomic mass is 79.9. The monoisotopic (exact) mass is 314 g/mol. The largest absolute Gasteiger partial charge is 0.298 e. The van der Waals surface area contributed by atoms with Gasteiger partial charge in [-0.05, 0) is 60.1 Å². The first-order valence-electron chi connectivity index (χ1n) is 6.60. The van der Waals surface area contributed by atoms with Crippen molar-refractivity contribution in [2.24, 2.45) is 0 Å². The second-order valence-corrected chi connectivity index (χ2v) is 5.93. The van der Waals surface area contributed by atoms with Gasteiger partial charge in [-0.25, -0.2) is 0 Å². The van der Waals surface area contributed by atoms with E-state index in [1.54, 1.807) is 0 Å². The van der Waals surface area contributed by atoms with Crippen LogP contribution in [-0.2, 0) is 25.7 Å². The fourth-order valence-corrected chi connectivity index (χ4v) is 3.27. The number of hydrogen-bond donors (Lipinski definition) is 0. The van der Waals surface area contributed by atoms with Crippen LogP contribution in [0.15, 0.2) is 40.9 Å². The molecule has 96 valence electrons. The van der Waals surface area contributed by atoms with Gasteiger partial charge in [-0.1, -0.05) is 40.2 Å². The number of aldehydes is 1. The van der Waals surface area contributed by atoms with Gasteiger partial charge in [-0.3, -0.25) is 4.79 Å². The summed E-state index contributed by atoms with van der Waals surface area (Å²) in [5, 5.41) is 0. The first-order chi connectivity index (χ1) is 9.26. The van der Waals surface area contributed by atoms with Gasteiger partial charge in [0, 0.05) is 10.0 Å². The summed E-state index contributed by atoms with van der Waals surface area (Å²) < 4.78 is 1.19. The van der Waals surface area contributed by atoms with E-state index in [1.807, 2.05) is 6.07 Å². The van der Waals surface area contributed by atoms with Gasteiger partial charge in [-0.2, -0.15) is 0 Å². The van der Waals surface area contributed by atoms with Crippen LogP contribution in [0.3, 0.4) is 0 Å². The molecule has 2 aromatic carbocycles. The molecule has 0 aliphatic heterocycles. The Balaban J connectivity index is 2.05. The zero-order valence-electron chi connectivity index (χ0n) is 10.7. The average Bonchev–Trinajstić information content (AvgIpc) is 2.42. The van der Waals surface area contributed by atoms with E-state index >= 15 is 0 Å². The van der Waals surface area contributed by atoms with Crippen molar-refractivity contribution in [2.75, 3.05) is 0 Å². The van der Waals surface area contributed by atoms with E-state index in [4.69, 9.17) is 0 Å². The summed E-state index contributed by atoms with van der Waals surface area (Å²) in [5.41, 5.74) is 5.89. The Labute approximate surface area is 121 Å². The Morgan fingerprint density at radius 3 is 2.16 bits per heavy atom. The second-order valence-electron chi connectivity index (χ2n) is 5.08. The highest BCUT2D eigenvalue weighted by Crippen LogP contribution is 2.24. The topological polar surface area (TPSA) is 17.1 Å². The predicted molar refractivity (Wildman–Crippen MR) is 80.8 cm³/mol. The van der Waals surface area contributed by atoms with Gasteiger partial charge in [0.2, 0.25) is 0 Å². The lowest BCUT2D eigenvalue weighted by atomic mass is 9.94. The van der Waals surface area contributed by atoms with Crippen molar-refractivity contribution in [3.05, 3.63) is 68.7 Å². The van der Waals surface area contributed by atoms with Crippen LogP contribution in [0.1, 0.15) is 32.6 Å². The number of halogens is 1. The minimum atomic E-state index is 0.851. The third-order valence-electron chi connectivity index (χ3n) is 3.82. The third kappa shape index (κ3) is 2.64. The molecule has 0 saturated heterocycles. The zero-order chi connectivity index (χ0) is 13.2. The molecule has 0 atom stereocenters. The van der Waals surface area contributed by atoms with Crippen LogP contribution in [-0.4, -0.2) is 6.29 Å². The predicted octanol–water partition coefficient (Wildman–Crippen LogP) is 4.15. The molecule has 0 heterocycles. The van der Waals surface area contributed by atoms with Crippen LogP contribution in [0.2, 0.25) is 0 Å². The van der Waals surface area contributed by atoms with Gasteiger partial charge in [-0.15, -0.1) is 0 Å². The summed E-state index contributed by atoms with van der Waals surface area (Å²) in [6.07, 6.45) is 4.85. The van der Waals surface area contributed by atoms with Crippen molar-refractivity contribution >= 4 is 22.2 Å². The summed E-state index contributed by atoms with van der Waals surface area (Å²) >= 11 is 3.65. The average molecular weight is 315 g/mol. The minimum Gasteiger partial charge on any atom is -0.298 e. The van der Waals surface area contributed by atoms with Crippen LogP contribution in [0.4, 0.5) is 0 Å². The number of rotatable bonds is 1. The lowest BCUT2D eigenvalue weighted by molar-refractivity contribution is 0.112. The zero-order valence-corrected chi connectivity index (χ0v) is 12.2. The molecular weight excluding hydrogens is 300 g/mol. The fraction of sp³-hybridized carbons (Fsp3) is 0.235. The van der Waals surface area contributed by atoms with E-state index in [9.17, 15) is 4.79 Å². The molecule has 1 nitrogen and oxygen atoms in total. The fourth-order valence-electron chi connectivity index (χ4n) is 2.64. The van der Waals surface area contributed by atoms with Gasteiger partial charge in [0.15, 0.2) is 0 Å². The number of benzene rings is 2. The van der Waals surface area contributed by atoms with Gasteiger partial charge in [0.05, 0.1) is 0 Å². The van der Waals surface area contributed by atoms with E-state index in [0.717, 1.165) is 43.1 Å². The van der Waals surface area contributed by atoms with Crippen LogP contribution in [0.5, 0.6) is 0 Å².